The van der Waals surface area contributed by atoms with Gasteiger partial charge in [0, 0.05) is 33.2 Å². The first kappa shape index (κ1) is 22.2. The molecule has 25 heavy (non-hydrogen) atoms. The Hall–Kier alpha value is -0.860. The van der Waals surface area contributed by atoms with Gasteiger partial charge in [-0.15, -0.1) is 24.0 Å². The monoisotopic (exact) mass is 460 g/mol. The molecule has 1 aliphatic rings. The Kier molecular flexibility index (Phi) is 11.9. The van der Waals surface area contributed by atoms with E-state index in [9.17, 15) is 0 Å². The van der Waals surface area contributed by atoms with E-state index in [1.807, 2.05) is 7.05 Å². The van der Waals surface area contributed by atoms with Crippen molar-refractivity contribution in [3.63, 3.8) is 0 Å². The van der Waals surface area contributed by atoms with Gasteiger partial charge in [0.25, 0.3) is 0 Å². The highest BCUT2D eigenvalue weighted by Gasteiger charge is 2.22. The van der Waals surface area contributed by atoms with E-state index in [2.05, 4.69) is 57.8 Å². The standard InChI is InChI=1S/C19H32N4O.HI/c1-3-4-8-11-21-19(20-2)22-16-18(17-9-6-5-7-10-17)23-12-14-24-15-13-23;/h5-7,9-10,18H,3-4,8,11-16H2,1-2H3,(H2,20,21,22);1H. The van der Waals surface area contributed by atoms with Gasteiger partial charge in [0.05, 0.1) is 19.3 Å². The third kappa shape index (κ3) is 7.92. The number of rotatable bonds is 8. The average Bonchev–Trinajstić information content (AvgIpc) is 2.65. The number of hydrogen-bond donors (Lipinski definition) is 2. The topological polar surface area (TPSA) is 48.9 Å². The molecule has 1 unspecified atom stereocenters. The van der Waals surface area contributed by atoms with Crippen molar-refractivity contribution in [3.8, 4) is 0 Å². The highest BCUT2D eigenvalue weighted by Crippen LogP contribution is 2.20. The molecule has 2 rings (SSSR count). The lowest BCUT2D eigenvalue weighted by molar-refractivity contribution is 0.0170. The van der Waals surface area contributed by atoms with Gasteiger partial charge >= 0.3 is 0 Å². The fourth-order valence-electron chi connectivity index (χ4n) is 3.02. The summed E-state index contributed by atoms with van der Waals surface area (Å²) in [5.41, 5.74) is 1.34. The van der Waals surface area contributed by atoms with Crippen LogP contribution >= 0.6 is 24.0 Å². The Balaban J connectivity index is 0.00000312. The predicted octanol–water partition coefficient (Wildman–Crippen LogP) is 3.03. The molecule has 1 aromatic carbocycles. The summed E-state index contributed by atoms with van der Waals surface area (Å²) >= 11 is 0. The molecule has 2 N–H and O–H groups in total. The van der Waals surface area contributed by atoms with Crippen molar-refractivity contribution in [1.82, 2.24) is 15.5 Å². The van der Waals surface area contributed by atoms with E-state index < -0.39 is 0 Å². The van der Waals surface area contributed by atoms with Crippen LogP contribution in [0, 0.1) is 0 Å². The number of unbranched alkanes of at least 4 members (excludes halogenated alkanes) is 2. The summed E-state index contributed by atoms with van der Waals surface area (Å²) in [5, 5.41) is 6.91. The highest BCUT2D eigenvalue weighted by molar-refractivity contribution is 14.0. The van der Waals surface area contributed by atoms with Gasteiger partial charge < -0.3 is 15.4 Å². The quantitative estimate of drug-likeness (QED) is 0.271. The Labute approximate surface area is 169 Å². The number of hydrogen-bond acceptors (Lipinski definition) is 3. The molecule has 6 heteroatoms. The average molecular weight is 460 g/mol. The predicted molar refractivity (Wildman–Crippen MR) is 116 cm³/mol. The molecule has 1 atom stereocenters. The highest BCUT2D eigenvalue weighted by atomic mass is 127. The van der Waals surface area contributed by atoms with Gasteiger partial charge in [0.15, 0.2) is 5.96 Å². The molecule has 142 valence electrons. The second kappa shape index (κ2) is 13.4. The Bertz CT molecular complexity index is 478. The van der Waals surface area contributed by atoms with Gasteiger partial charge in [0.1, 0.15) is 0 Å². The molecule has 0 saturated carbocycles. The number of halogens is 1. The summed E-state index contributed by atoms with van der Waals surface area (Å²) < 4.78 is 5.51. The van der Waals surface area contributed by atoms with Gasteiger partial charge in [0.2, 0.25) is 0 Å². The van der Waals surface area contributed by atoms with Crippen molar-refractivity contribution in [2.24, 2.45) is 4.99 Å². The maximum absolute atomic E-state index is 5.51. The Morgan fingerprint density at radius 3 is 2.52 bits per heavy atom. The lowest BCUT2D eigenvalue weighted by atomic mass is 10.0. The summed E-state index contributed by atoms with van der Waals surface area (Å²) in [6, 6.07) is 11.0. The third-order valence-electron chi connectivity index (χ3n) is 4.43. The van der Waals surface area contributed by atoms with Gasteiger partial charge in [-0.25, -0.2) is 0 Å². The first-order valence-corrected chi connectivity index (χ1v) is 9.16. The van der Waals surface area contributed by atoms with E-state index in [-0.39, 0.29) is 24.0 Å². The van der Waals surface area contributed by atoms with E-state index in [0.29, 0.717) is 6.04 Å². The second-order valence-corrected chi connectivity index (χ2v) is 6.16. The van der Waals surface area contributed by atoms with E-state index in [0.717, 1.165) is 45.4 Å². The summed E-state index contributed by atoms with van der Waals surface area (Å²) in [6.07, 6.45) is 3.67. The SMILES string of the molecule is CCCCCNC(=NC)NCC(c1ccccc1)N1CCOCC1.I. The third-order valence-corrected chi connectivity index (χ3v) is 4.43. The number of aliphatic imine (C=N–C) groups is 1. The largest absolute Gasteiger partial charge is 0.379 e. The summed E-state index contributed by atoms with van der Waals surface area (Å²) in [4.78, 5) is 6.84. The van der Waals surface area contributed by atoms with Gasteiger partial charge in [-0.05, 0) is 12.0 Å². The lowest BCUT2D eigenvalue weighted by Gasteiger charge is -2.35. The van der Waals surface area contributed by atoms with Crippen molar-refractivity contribution < 1.29 is 4.74 Å². The maximum atomic E-state index is 5.51. The van der Waals surface area contributed by atoms with Gasteiger partial charge in [-0.2, -0.15) is 0 Å². The van der Waals surface area contributed by atoms with Crippen LogP contribution in [0.5, 0.6) is 0 Å². The minimum Gasteiger partial charge on any atom is -0.379 e. The fraction of sp³-hybridized carbons (Fsp3) is 0.632. The van der Waals surface area contributed by atoms with Crippen LogP contribution in [0.4, 0.5) is 0 Å². The van der Waals surface area contributed by atoms with E-state index >= 15 is 0 Å². The van der Waals surface area contributed by atoms with Crippen LogP contribution in [-0.4, -0.2) is 57.3 Å². The zero-order valence-electron chi connectivity index (χ0n) is 15.5. The van der Waals surface area contributed by atoms with Crippen LogP contribution < -0.4 is 10.6 Å². The summed E-state index contributed by atoms with van der Waals surface area (Å²) in [6.45, 7) is 7.62. The molecule has 1 aromatic rings. The molecule has 0 spiro atoms. The Morgan fingerprint density at radius 2 is 1.88 bits per heavy atom. The number of guanidine groups is 1. The number of morpholine rings is 1. The Morgan fingerprint density at radius 1 is 1.16 bits per heavy atom. The van der Waals surface area contributed by atoms with Gasteiger partial charge in [-0.1, -0.05) is 50.1 Å². The van der Waals surface area contributed by atoms with E-state index in [4.69, 9.17) is 4.74 Å². The van der Waals surface area contributed by atoms with Gasteiger partial charge in [-0.3, -0.25) is 9.89 Å². The molecule has 1 heterocycles. The van der Waals surface area contributed by atoms with Crippen molar-refractivity contribution >= 4 is 29.9 Å². The molecule has 5 nitrogen and oxygen atoms in total. The molecule has 0 aliphatic carbocycles. The molecule has 0 radical (unpaired) electrons. The molecular formula is C19H33IN4O. The molecule has 0 aromatic heterocycles. The van der Waals surface area contributed by atoms with Crippen LogP contribution in [-0.2, 0) is 4.74 Å². The van der Waals surface area contributed by atoms with E-state index in [1.54, 1.807) is 0 Å². The summed E-state index contributed by atoms with van der Waals surface area (Å²) in [7, 11) is 1.83. The number of nitrogens with zero attached hydrogens (tertiary/aromatic N) is 2. The zero-order chi connectivity index (χ0) is 17.0. The minimum atomic E-state index is 0. The van der Waals surface area contributed by atoms with Crippen LogP contribution in [0.3, 0.4) is 0 Å². The van der Waals surface area contributed by atoms with Crippen molar-refractivity contribution in [1.29, 1.82) is 0 Å². The number of nitrogens with one attached hydrogen (secondary N) is 2. The van der Waals surface area contributed by atoms with Crippen molar-refractivity contribution in [2.75, 3.05) is 46.4 Å². The van der Waals surface area contributed by atoms with E-state index in [1.165, 1.54) is 24.8 Å². The van der Waals surface area contributed by atoms with Crippen LogP contribution in [0.15, 0.2) is 35.3 Å². The molecule has 1 saturated heterocycles. The second-order valence-electron chi connectivity index (χ2n) is 6.16. The van der Waals surface area contributed by atoms with Crippen molar-refractivity contribution in [3.05, 3.63) is 35.9 Å². The van der Waals surface area contributed by atoms with Crippen LogP contribution in [0.25, 0.3) is 0 Å². The summed E-state index contributed by atoms with van der Waals surface area (Å²) in [5.74, 6) is 0.889. The minimum absolute atomic E-state index is 0. The first-order chi connectivity index (χ1) is 11.8. The smallest absolute Gasteiger partial charge is 0.191 e. The number of ether oxygens (including phenoxy) is 1. The van der Waals surface area contributed by atoms with Crippen LogP contribution in [0.2, 0.25) is 0 Å². The molecule has 0 amide bonds. The van der Waals surface area contributed by atoms with Crippen LogP contribution in [0.1, 0.15) is 37.8 Å². The first-order valence-electron chi connectivity index (χ1n) is 9.16. The maximum Gasteiger partial charge on any atom is 0.191 e. The number of benzene rings is 1. The lowest BCUT2D eigenvalue weighted by Crippen LogP contribution is -2.46. The van der Waals surface area contributed by atoms with Crippen molar-refractivity contribution in [2.45, 2.75) is 32.2 Å². The molecule has 1 fully saturated rings. The molecular weight excluding hydrogens is 427 g/mol. The normalized spacial score (nSPS) is 16.8. The molecule has 1 aliphatic heterocycles. The zero-order valence-corrected chi connectivity index (χ0v) is 17.9. The fourth-order valence-corrected chi connectivity index (χ4v) is 3.02. The molecule has 0 bridgehead atoms.